The van der Waals surface area contributed by atoms with Crippen molar-refractivity contribution in [2.45, 2.75) is 71.4 Å². The van der Waals surface area contributed by atoms with Gasteiger partial charge in [-0.3, -0.25) is 4.79 Å². The molecular formula is C18H34N2O2. The van der Waals surface area contributed by atoms with Gasteiger partial charge in [-0.15, -0.1) is 0 Å². The molecule has 1 aliphatic heterocycles. The van der Waals surface area contributed by atoms with Crippen LogP contribution in [-0.4, -0.2) is 37.7 Å². The van der Waals surface area contributed by atoms with E-state index in [1.54, 1.807) is 0 Å². The number of ether oxygens (including phenoxy) is 1. The van der Waals surface area contributed by atoms with Crippen molar-refractivity contribution >= 4 is 5.91 Å². The van der Waals surface area contributed by atoms with Crippen LogP contribution in [0.2, 0.25) is 0 Å². The van der Waals surface area contributed by atoms with E-state index in [4.69, 9.17) is 4.74 Å². The number of carbonyl (C=O) groups excluding carboxylic acids is 1. The van der Waals surface area contributed by atoms with Gasteiger partial charge in [-0.25, -0.2) is 0 Å². The minimum absolute atomic E-state index is 0.0425. The van der Waals surface area contributed by atoms with E-state index in [-0.39, 0.29) is 12.0 Å². The number of rotatable bonds is 6. The number of nitrogens with one attached hydrogen (secondary N) is 2. The summed E-state index contributed by atoms with van der Waals surface area (Å²) >= 11 is 0. The molecule has 0 radical (unpaired) electrons. The Kier molecular flexibility index (Phi) is 7.16. The van der Waals surface area contributed by atoms with E-state index in [0.717, 1.165) is 19.0 Å². The van der Waals surface area contributed by atoms with Gasteiger partial charge in [-0.05, 0) is 30.6 Å². The highest BCUT2D eigenvalue weighted by Crippen LogP contribution is 2.38. The molecular weight excluding hydrogens is 276 g/mol. The molecule has 2 N–H and O–H groups in total. The lowest BCUT2D eigenvalue weighted by Crippen LogP contribution is -2.50. The first kappa shape index (κ1) is 17.7. The molecule has 3 atom stereocenters. The zero-order valence-electron chi connectivity index (χ0n) is 14.6. The molecule has 22 heavy (non-hydrogen) atoms. The van der Waals surface area contributed by atoms with Crippen LogP contribution in [0.1, 0.15) is 59.3 Å². The minimum atomic E-state index is 0.0425. The van der Waals surface area contributed by atoms with Gasteiger partial charge in [0.15, 0.2) is 0 Å². The first-order valence-electron chi connectivity index (χ1n) is 9.29. The molecule has 0 bridgehead atoms. The van der Waals surface area contributed by atoms with Crippen molar-refractivity contribution in [2.75, 3.05) is 19.7 Å². The topological polar surface area (TPSA) is 50.4 Å². The maximum Gasteiger partial charge on any atom is 0.222 e. The molecule has 0 aromatic carbocycles. The lowest BCUT2D eigenvalue weighted by Gasteiger charge is -2.42. The Morgan fingerprint density at radius 2 is 1.82 bits per heavy atom. The van der Waals surface area contributed by atoms with E-state index in [9.17, 15) is 4.79 Å². The monoisotopic (exact) mass is 310 g/mol. The van der Waals surface area contributed by atoms with Crippen LogP contribution in [0, 0.1) is 17.8 Å². The van der Waals surface area contributed by atoms with Crippen LogP contribution in [0.25, 0.3) is 0 Å². The number of carbonyl (C=O) groups is 1. The van der Waals surface area contributed by atoms with E-state index >= 15 is 0 Å². The van der Waals surface area contributed by atoms with Gasteiger partial charge in [0.1, 0.15) is 0 Å². The van der Waals surface area contributed by atoms with Crippen LogP contribution in [-0.2, 0) is 9.53 Å². The maximum atomic E-state index is 12.4. The second kappa shape index (κ2) is 8.88. The van der Waals surface area contributed by atoms with Gasteiger partial charge in [-0.1, -0.05) is 40.0 Å². The predicted molar refractivity (Wildman–Crippen MR) is 89.7 cm³/mol. The average Bonchev–Trinajstić information content (AvgIpc) is 2.55. The summed E-state index contributed by atoms with van der Waals surface area (Å²) in [5, 5.41) is 6.66. The molecule has 3 unspecified atom stereocenters. The summed E-state index contributed by atoms with van der Waals surface area (Å²) < 4.78 is 5.66. The van der Waals surface area contributed by atoms with Crippen molar-refractivity contribution in [3.63, 3.8) is 0 Å². The largest absolute Gasteiger partial charge is 0.375 e. The summed E-state index contributed by atoms with van der Waals surface area (Å²) in [4.78, 5) is 12.4. The number of morpholine rings is 1. The lowest BCUT2D eigenvalue weighted by atomic mass is 9.69. The van der Waals surface area contributed by atoms with Crippen LogP contribution in [0.15, 0.2) is 0 Å². The smallest absolute Gasteiger partial charge is 0.222 e. The zero-order valence-corrected chi connectivity index (χ0v) is 14.6. The molecule has 0 spiro atoms. The fraction of sp³-hybridized carbons (Fsp3) is 0.944. The van der Waals surface area contributed by atoms with Gasteiger partial charge in [0.2, 0.25) is 5.91 Å². The van der Waals surface area contributed by atoms with Crippen molar-refractivity contribution in [2.24, 2.45) is 17.8 Å². The van der Waals surface area contributed by atoms with Crippen molar-refractivity contribution < 1.29 is 9.53 Å². The highest BCUT2D eigenvalue weighted by atomic mass is 16.5. The Hall–Kier alpha value is -0.610. The highest BCUT2D eigenvalue weighted by molar-refractivity contribution is 5.76. The zero-order chi connectivity index (χ0) is 15.9. The molecule has 0 aromatic heterocycles. The van der Waals surface area contributed by atoms with Crippen molar-refractivity contribution in [3.05, 3.63) is 0 Å². The van der Waals surface area contributed by atoms with E-state index < -0.39 is 0 Å². The fourth-order valence-electron chi connectivity index (χ4n) is 4.24. The Labute approximate surface area is 135 Å². The third-order valence-electron chi connectivity index (χ3n) is 5.66. The van der Waals surface area contributed by atoms with Crippen LogP contribution >= 0.6 is 0 Å². The van der Waals surface area contributed by atoms with Gasteiger partial charge in [0.25, 0.3) is 0 Å². The van der Waals surface area contributed by atoms with Crippen molar-refractivity contribution in [1.82, 2.24) is 10.6 Å². The number of hydrogen-bond acceptors (Lipinski definition) is 3. The SMILES string of the molecule is CCC1CC(CC)C(NC(=O)CC2CNCCO2)C(CC)C1. The average molecular weight is 310 g/mol. The van der Waals surface area contributed by atoms with Crippen LogP contribution in [0.3, 0.4) is 0 Å². The normalized spacial score (nSPS) is 36.0. The Balaban J connectivity index is 1.90. The minimum Gasteiger partial charge on any atom is -0.375 e. The van der Waals surface area contributed by atoms with E-state index in [2.05, 4.69) is 31.4 Å². The molecule has 1 heterocycles. The summed E-state index contributed by atoms with van der Waals surface area (Å²) in [5.74, 6) is 2.29. The van der Waals surface area contributed by atoms with Gasteiger partial charge >= 0.3 is 0 Å². The molecule has 2 aliphatic rings. The van der Waals surface area contributed by atoms with Crippen molar-refractivity contribution in [3.8, 4) is 0 Å². The Morgan fingerprint density at radius 1 is 1.14 bits per heavy atom. The summed E-state index contributed by atoms with van der Waals surface area (Å²) in [5.41, 5.74) is 0. The second-order valence-electron chi connectivity index (χ2n) is 7.08. The van der Waals surface area contributed by atoms with Crippen LogP contribution < -0.4 is 10.6 Å². The van der Waals surface area contributed by atoms with Gasteiger partial charge in [0.05, 0.1) is 19.1 Å². The van der Waals surface area contributed by atoms with Crippen molar-refractivity contribution in [1.29, 1.82) is 0 Å². The second-order valence-corrected chi connectivity index (χ2v) is 7.08. The highest BCUT2D eigenvalue weighted by Gasteiger charge is 2.36. The molecule has 2 rings (SSSR count). The van der Waals surface area contributed by atoms with E-state index in [1.807, 2.05) is 0 Å². The quantitative estimate of drug-likeness (QED) is 0.793. The summed E-state index contributed by atoms with van der Waals surface area (Å²) in [6.07, 6.45) is 6.69. The Morgan fingerprint density at radius 3 is 2.32 bits per heavy atom. The van der Waals surface area contributed by atoms with Gasteiger partial charge in [-0.2, -0.15) is 0 Å². The molecule has 1 amide bonds. The molecule has 1 aliphatic carbocycles. The molecule has 2 fully saturated rings. The molecule has 0 aromatic rings. The van der Waals surface area contributed by atoms with Gasteiger partial charge in [0, 0.05) is 19.1 Å². The van der Waals surface area contributed by atoms with E-state index in [0.29, 0.717) is 30.9 Å². The molecule has 4 nitrogen and oxygen atoms in total. The third-order valence-corrected chi connectivity index (χ3v) is 5.66. The maximum absolute atomic E-state index is 12.4. The first-order chi connectivity index (χ1) is 10.7. The van der Waals surface area contributed by atoms with Crippen LogP contribution in [0.4, 0.5) is 0 Å². The van der Waals surface area contributed by atoms with Gasteiger partial charge < -0.3 is 15.4 Å². The third kappa shape index (κ3) is 4.69. The summed E-state index contributed by atoms with van der Waals surface area (Å²) in [6.45, 7) is 9.25. The standard InChI is InChI=1S/C18H34N2O2/c1-4-13-9-14(5-2)18(15(6-3)10-13)20-17(21)11-16-12-19-7-8-22-16/h13-16,18-19H,4-12H2,1-3H3,(H,20,21). The number of amides is 1. The predicted octanol–water partition coefficient (Wildman–Crippen LogP) is 2.72. The number of hydrogen-bond donors (Lipinski definition) is 2. The lowest BCUT2D eigenvalue weighted by molar-refractivity contribution is -0.126. The molecule has 128 valence electrons. The molecule has 1 saturated carbocycles. The first-order valence-corrected chi connectivity index (χ1v) is 9.29. The summed E-state index contributed by atoms with van der Waals surface area (Å²) in [7, 11) is 0. The molecule has 1 saturated heterocycles. The fourth-order valence-corrected chi connectivity index (χ4v) is 4.24. The molecule has 4 heteroatoms. The Bertz CT molecular complexity index is 328. The van der Waals surface area contributed by atoms with E-state index in [1.165, 1.54) is 32.1 Å². The summed E-state index contributed by atoms with van der Waals surface area (Å²) in [6, 6.07) is 0.363. The van der Waals surface area contributed by atoms with Crippen LogP contribution in [0.5, 0.6) is 0 Å².